The number of nitrogens with one attached hydrogen (secondary N) is 1. The summed E-state index contributed by atoms with van der Waals surface area (Å²) in [4.78, 5) is 49.2. The van der Waals surface area contributed by atoms with Crippen LogP contribution in [0.2, 0.25) is 0 Å². The van der Waals surface area contributed by atoms with Gasteiger partial charge in [0.15, 0.2) is 6.61 Å². The number of aryl methyl sites for hydroxylation is 1. The molecule has 0 fully saturated rings. The van der Waals surface area contributed by atoms with Crippen LogP contribution in [0.5, 0.6) is 0 Å². The first-order valence-corrected chi connectivity index (χ1v) is 8.78. The second-order valence-corrected chi connectivity index (χ2v) is 7.09. The van der Waals surface area contributed by atoms with E-state index in [4.69, 9.17) is 4.74 Å². The van der Waals surface area contributed by atoms with E-state index in [1.807, 2.05) is 0 Å². The van der Waals surface area contributed by atoms with Gasteiger partial charge in [-0.25, -0.2) is 4.79 Å². The predicted octanol–water partition coefficient (Wildman–Crippen LogP) is 2.82. The minimum atomic E-state index is -1.18. The van der Waals surface area contributed by atoms with Crippen LogP contribution in [0.15, 0.2) is 42.5 Å². The highest BCUT2D eigenvalue weighted by Gasteiger charge is 2.43. The Bertz CT molecular complexity index is 1030. The van der Waals surface area contributed by atoms with Gasteiger partial charge in [0.1, 0.15) is 5.54 Å². The number of hydrogen-bond acceptors (Lipinski definition) is 6. The molecule has 2 amide bonds. The number of benzene rings is 2. The second-order valence-electron chi connectivity index (χ2n) is 7.09. The number of ether oxygens (including phenoxy) is 1. The van der Waals surface area contributed by atoms with Gasteiger partial charge in [0, 0.05) is 11.6 Å². The molecule has 0 bridgehead atoms. The molecule has 0 atom stereocenters. The lowest BCUT2D eigenvalue weighted by atomic mass is 9.96. The van der Waals surface area contributed by atoms with Gasteiger partial charge in [-0.1, -0.05) is 12.1 Å². The molecule has 1 aliphatic rings. The number of nitrogens with zero attached hydrogens (tertiary/aromatic N) is 2. The molecule has 0 aromatic heterocycles. The average molecular weight is 397 g/mol. The molecule has 2 aromatic carbocycles. The number of nitro groups is 1. The molecular weight excluding hydrogens is 378 g/mol. The molecule has 0 spiro atoms. The van der Waals surface area contributed by atoms with E-state index in [1.54, 1.807) is 38.1 Å². The van der Waals surface area contributed by atoms with E-state index in [0.717, 1.165) is 0 Å². The average Bonchev–Trinajstić information content (AvgIpc) is 2.66. The first kappa shape index (κ1) is 20.0. The van der Waals surface area contributed by atoms with Crippen molar-refractivity contribution >= 4 is 34.8 Å². The molecule has 150 valence electrons. The summed E-state index contributed by atoms with van der Waals surface area (Å²) >= 11 is 0. The van der Waals surface area contributed by atoms with Crippen molar-refractivity contribution in [2.45, 2.75) is 26.3 Å². The zero-order chi connectivity index (χ0) is 21.3. The van der Waals surface area contributed by atoms with Crippen LogP contribution in [0, 0.1) is 17.0 Å². The lowest BCUT2D eigenvalue weighted by Crippen LogP contribution is -2.59. The third-order valence-corrected chi connectivity index (χ3v) is 4.71. The molecule has 2 aromatic rings. The van der Waals surface area contributed by atoms with Gasteiger partial charge in [-0.05, 0) is 45.0 Å². The molecule has 1 N–H and O–H groups in total. The number of esters is 1. The second kappa shape index (κ2) is 7.34. The van der Waals surface area contributed by atoms with Gasteiger partial charge >= 0.3 is 5.97 Å². The van der Waals surface area contributed by atoms with Gasteiger partial charge in [0.25, 0.3) is 11.6 Å². The first-order chi connectivity index (χ1) is 13.6. The summed E-state index contributed by atoms with van der Waals surface area (Å²) in [5, 5.41) is 13.6. The summed E-state index contributed by atoms with van der Waals surface area (Å²) < 4.78 is 5.11. The summed E-state index contributed by atoms with van der Waals surface area (Å²) in [5.74, 6) is -1.71. The van der Waals surface area contributed by atoms with Gasteiger partial charge in [0.05, 0.1) is 21.9 Å². The maximum absolute atomic E-state index is 12.8. The van der Waals surface area contributed by atoms with Gasteiger partial charge in [0.2, 0.25) is 5.91 Å². The van der Waals surface area contributed by atoms with Crippen molar-refractivity contribution in [1.29, 1.82) is 0 Å². The zero-order valence-electron chi connectivity index (χ0n) is 16.1. The fourth-order valence-electron chi connectivity index (χ4n) is 3.16. The van der Waals surface area contributed by atoms with Crippen LogP contribution < -0.4 is 10.2 Å². The molecule has 0 radical (unpaired) electrons. The molecule has 1 heterocycles. The Morgan fingerprint density at radius 2 is 1.90 bits per heavy atom. The molecule has 1 aliphatic heterocycles. The topological polar surface area (TPSA) is 119 Å². The highest BCUT2D eigenvalue weighted by atomic mass is 16.6. The highest BCUT2D eigenvalue weighted by Crippen LogP contribution is 2.36. The minimum absolute atomic E-state index is 0.0944. The van der Waals surface area contributed by atoms with Crippen molar-refractivity contribution in [3.05, 3.63) is 63.7 Å². The molecule has 0 unspecified atom stereocenters. The van der Waals surface area contributed by atoms with Crippen molar-refractivity contribution in [2.75, 3.05) is 16.8 Å². The summed E-state index contributed by atoms with van der Waals surface area (Å²) in [5.41, 5.74) is 0.0968. The van der Waals surface area contributed by atoms with E-state index in [0.29, 0.717) is 16.9 Å². The number of carbonyl (C=O) groups is 3. The van der Waals surface area contributed by atoms with Crippen molar-refractivity contribution in [3.8, 4) is 0 Å². The van der Waals surface area contributed by atoms with Gasteiger partial charge in [-0.3, -0.25) is 24.6 Å². The van der Waals surface area contributed by atoms with Gasteiger partial charge in [-0.2, -0.15) is 0 Å². The lowest BCUT2D eigenvalue weighted by molar-refractivity contribution is -0.385. The molecule has 9 nitrogen and oxygen atoms in total. The third-order valence-electron chi connectivity index (χ3n) is 4.71. The number of amides is 2. The summed E-state index contributed by atoms with van der Waals surface area (Å²) in [6.07, 6.45) is 0. The van der Waals surface area contributed by atoms with Crippen LogP contribution in [0.25, 0.3) is 0 Å². The number of nitro benzene ring substituents is 1. The maximum atomic E-state index is 12.8. The summed E-state index contributed by atoms with van der Waals surface area (Å²) in [6.45, 7) is 4.11. The lowest BCUT2D eigenvalue weighted by Gasteiger charge is -2.41. The van der Waals surface area contributed by atoms with Crippen LogP contribution >= 0.6 is 0 Å². The molecule has 3 rings (SSSR count). The number of anilines is 2. The van der Waals surface area contributed by atoms with Crippen molar-refractivity contribution in [3.63, 3.8) is 0 Å². The Hall–Kier alpha value is -3.75. The van der Waals surface area contributed by atoms with Crippen LogP contribution in [0.3, 0.4) is 0 Å². The predicted molar refractivity (Wildman–Crippen MR) is 105 cm³/mol. The van der Waals surface area contributed by atoms with E-state index in [-0.39, 0.29) is 17.2 Å². The maximum Gasteiger partial charge on any atom is 0.338 e. The van der Waals surface area contributed by atoms with E-state index in [2.05, 4.69) is 5.32 Å². The number of carbonyl (C=O) groups excluding carboxylic acids is 3. The SMILES string of the molecule is Cc1cc(C(=O)OCC(=O)N2c3ccccc3NC(=O)C2(C)C)ccc1[N+](=O)[O-]. The van der Waals surface area contributed by atoms with E-state index in [9.17, 15) is 24.5 Å². The molecule has 0 saturated heterocycles. The fraction of sp³-hybridized carbons (Fsp3) is 0.250. The molecule has 0 aliphatic carbocycles. The monoisotopic (exact) mass is 397 g/mol. The molecule has 29 heavy (non-hydrogen) atoms. The number of rotatable bonds is 4. The molecule has 9 heteroatoms. The van der Waals surface area contributed by atoms with Crippen molar-refractivity contribution < 1.29 is 24.0 Å². The number of para-hydroxylation sites is 2. The normalized spacial score (nSPS) is 14.6. The Morgan fingerprint density at radius 1 is 1.21 bits per heavy atom. The zero-order valence-corrected chi connectivity index (χ0v) is 16.1. The largest absolute Gasteiger partial charge is 0.452 e. The molecule has 0 saturated carbocycles. The van der Waals surface area contributed by atoms with Crippen LogP contribution in [-0.4, -0.2) is 34.9 Å². The van der Waals surface area contributed by atoms with Crippen molar-refractivity contribution in [2.24, 2.45) is 0 Å². The van der Waals surface area contributed by atoms with E-state index in [1.165, 1.54) is 30.0 Å². The van der Waals surface area contributed by atoms with E-state index >= 15 is 0 Å². The number of hydrogen-bond donors (Lipinski definition) is 1. The fourth-order valence-corrected chi connectivity index (χ4v) is 3.16. The van der Waals surface area contributed by atoms with Crippen LogP contribution in [0.1, 0.15) is 29.8 Å². The van der Waals surface area contributed by atoms with Crippen molar-refractivity contribution in [1.82, 2.24) is 0 Å². The van der Waals surface area contributed by atoms with E-state index < -0.39 is 28.9 Å². The Kier molecular flexibility index (Phi) is 5.06. The Morgan fingerprint density at radius 3 is 2.55 bits per heavy atom. The number of fused-ring (bicyclic) bond motifs is 1. The quantitative estimate of drug-likeness (QED) is 0.481. The smallest absolute Gasteiger partial charge is 0.338 e. The highest BCUT2D eigenvalue weighted by molar-refractivity contribution is 6.14. The standard InChI is InChI=1S/C20H19N3O6/c1-12-10-13(8-9-15(12)23(27)28)18(25)29-11-17(24)22-16-7-5-4-6-14(16)21-19(26)20(22,2)3/h4-10H,11H2,1-3H3,(H,21,26). The Balaban J connectivity index is 1.78. The van der Waals surface area contributed by atoms with Crippen LogP contribution in [0.4, 0.5) is 17.1 Å². The minimum Gasteiger partial charge on any atom is -0.452 e. The Labute approximate surface area is 166 Å². The van der Waals surface area contributed by atoms with Gasteiger partial charge < -0.3 is 10.1 Å². The molecular formula is C20H19N3O6. The first-order valence-electron chi connectivity index (χ1n) is 8.78. The summed E-state index contributed by atoms with van der Waals surface area (Å²) in [6, 6.07) is 10.6. The van der Waals surface area contributed by atoms with Gasteiger partial charge in [-0.15, -0.1) is 0 Å². The van der Waals surface area contributed by atoms with Crippen LogP contribution in [-0.2, 0) is 14.3 Å². The summed E-state index contributed by atoms with van der Waals surface area (Å²) in [7, 11) is 0. The third kappa shape index (κ3) is 3.66.